The minimum atomic E-state index is -0.0477. The van der Waals surface area contributed by atoms with E-state index in [1.807, 2.05) is 11.8 Å². The summed E-state index contributed by atoms with van der Waals surface area (Å²) in [5.74, 6) is 3.11. The lowest BCUT2D eigenvalue weighted by molar-refractivity contribution is -0.115. The SMILES string of the molecule is Nc1nnc(CCSCCc2nnc(NC(=O)Cc3ccc(C4CC5(Cl)CC45)s3)s2)s1. The summed E-state index contributed by atoms with van der Waals surface area (Å²) in [7, 11) is 0. The van der Waals surface area contributed by atoms with E-state index < -0.39 is 0 Å². The minimum Gasteiger partial charge on any atom is -0.374 e. The highest BCUT2D eigenvalue weighted by Gasteiger charge is 2.66. The molecule has 3 unspecified atom stereocenters. The molecule has 0 spiro atoms. The predicted octanol–water partition coefficient (Wildman–Crippen LogP) is 4.22. The van der Waals surface area contributed by atoms with E-state index in [4.69, 9.17) is 17.3 Å². The Morgan fingerprint density at radius 1 is 1.13 bits per heavy atom. The van der Waals surface area contributed by atoms with E-state index in [1.54, 1.807) is 11.3 Å². The number of anilines is 2. The summed E-state index contributed by atoms with van der Waals surface area (Å²) in [6, 6.07) is 4.22. The Morgan fingerprint density at radius 3 is 2.58 bits per heavy atom. The van der Waals surface area contributed by atoms with Crippen LogP contribution in [-0.2, 0) is 24.1 Å². The second-order valence-corrected chi connectivity index (χ2v) is 13.2. The fraction of sp³-hybridized carbons (Fsp3) is 0.526. The van der Waals surface area contributed by atoms with Gasteiger partial charge in [-0.2, -0.15) is 11.8 Å². The summed E-state index contributed by atoms with van der Waals surface area (Å²) in [5, 5.41) is 22.0. The van der Waals surface area contributed by atoms with Crippen molar-refractivity contribution in [2.45, 2.75) is 42.9 Å². The molecule has 0 radical (unpaired) electrons. The Balaban J connectivity index is 1.02. The van der Waals surface area contributed by atoms with Gasteiger partial charge in [0.15, 0.2) is 0 Å². The third-order valence-corrected chi connectivity index (χ3v) is 10.1. The predicted molar refractivity (Wildman–Crippen MR) is 130 cm³/mol. The molecule has 0 aromatic carbocycles. The minimum absolute atomic E-state index is 0.0477. The molecule has 7 nitrogen and oxygen atoms in total. The molecule has 1 amide bonds. The van der Waals surface area contributed by atoms with Crippen molar-refractivity contribution < 1.29 is 4.79 Å². The number of amides is 1. The number of carbonyl (C=O) groups excluding carboxylic acids is 1. The quantitative estimate of drug-likeness (QED) is 0.309. The van der Waals surface area contributed by atoms with E-state index in [9.17, 15) is 4.79 Å². The molecule has 31 heavy (non-hydrogen) atoms. The van der Waals surface area contributed by atoms with Gasteiger partial charge in [0, 0.05) is 27.5 Å². The van der Waals surface area contributed by atoms with Gasteiger partial charge >= 0.3 is 0 Å². The molecule has 2 aliphatic carbocycles. The number of aryl methyl sites for hydroxylation is 2. The van der Waals surface area contributed by atoms with Gasteiger partial charge in [-0.25, -0.2) is 0 Å². The van der Waals surface area contributed by atoms with Crippen molar-refractivity contribution in [3.63, 3.8) is 0 Å². The van der Waals surface area contributed by atoms with Gasteiger partial charge in [-0.1, -0.05) is 22.7 Å². The molecular formula is C19H21ClN6OS4. The van der Waals surface area contributed by atoms with Crippen molar-refractivity contribution in [1.82, 2.24) is 20.4 Å². The largest absolute Gasteiger partial charge is 0.374 e. The fourth-order valence-corrected chi connectivity index (χ4v) is 8.06. The average molecular weight is 513 g/mol. The smallest absolute Gasteiger partial charge is 0.231 e. The maximum absolute atomic E-state index is 12.4. The number of rotatable bonds is 10. The van der Waals surface area contributed by atoms with Crippen LogP contribution in [0.5, 0.6) is 0 Å². The van der Waals surface area contributed by atoms with Crippen molar-refractivity contribution in [3.05, 3.63) is 31.9 Å². The van der Waals surface area contributed by atoms with Crippen molar-refractivity contribution in [2.24, 2.45) is 5.92 Å². The van der Waals surface area contributed by atoms with E-state index in [0.29, 0.717) is 28.5 Å². The van der Waals surface area contributed by atoms with Gasteiger partial charge in [0.2, 0.25) is 16.2 Å². The lowest BCUT2D eigenvalue weighted by Crippen LogP contribution is -2.23. The van der Waals surface area contributed by atoms with Gasteiger partial charge < -0.3 is 11.1 Å². The third-order valence-electron chi connectivity index (χ3n) is 5.61. The van der Waals surface area contributed by atoms with Crippen LogP contribution in [0.15, 0.2) is 12.1 Å². The second-order valence-electron chi connectivity index (χ2n) is 7.83. The van der Waals surface area contributed by atoms with Crippen LogP contribution in [0.3, 0.4) is 0 Å². The first-order valence-corrected chi connectivity index (χ1v) is 14.0. The van der Waals surface area contributed by atoms with Gasteiger partial charge in [-0.15, -0.1) is 43.3 Å². The van der Waals surface area contributed by atoms with E-state index in [0.717, 1.165) is 52.1 Å². The first kappa shape index (κ1) is 21.6. The number of aromatic nitrogens is 4. The summed E-state index contributed by atoms with van der Waals surface area (Å²) < 4.78 is 0. The molecule has 2 saturated carbocycles. The zero-order valence-electron chi connectivity index (χ0n) is 16.5. The Hall–Kier alpha value is -1.27. The van der Waals surface area contributed by atoms with Gasteiger partial charge in [-0.3, -0.25) is 4.79 Å². The number of carbonyl (C=O) groups is 1. The van der Waals surface area contributed by atoms with Crippen LogP contribution in [-0.4, -0.2) is 42.7 Å². The van der Waals surface area contributed by atoms with Crippen molar-refractivity contribution in [3.8, 4) is 0 Å². The molecule has 0 bridgehead atoms. The number of thioether (sulfide) groups is 1. The van der Waals surface area contributed by atoms with Crippen molar-refractivity contribution in [1.29, 1.82) is 0 Å². The number of nitrogens with one attached hydrogen (secondary N) is 1. The van der Waals surface area contributed by atoms with Crippen LogP contribution in [0.4, 0.5) is 10.3 Å². The molecule has 0 aliphatic heterocycles. The molecule has 2 fully saturated rings. The van der Waals surface area contributed by atoms with Crippen LogP contribution in [0.1, 0.15) is 38.5 Å². The van der Waals surface area contributed by atoms with Gasteiger partial charge in [0.25, 0.3) is 0 Å². The lowest BCUT2D eigenvalue weighted by atomic mass is 9.84. The Bertz CT molecular complexity index is 1080. The number of halogens is 1. The molecule has 12 heteroatoms. The Morgan fingerprint density at radius 2 is 1.90 bits per heavy atom. The molecule has 5 rings (SSSR count). The number of hydrogen-bond donors (Lipinski definition) is 2. The number of nitrogens with zero attached hydrogens (tertiary/aromatic N) is 4. The maximum Gasteiger partial charge on any atom is 0.231 e. The van der Waals surface area contributed by atoms with Crippen LogP contribution < -0.4 is 11.1 Å². The van der Waals surface area contributed by atoms with Crippen LogP contribution in [0.25, 0.3) is 0 Å². The number of thiophene rings is 1. The lowest BCUT2D eigenvalue weighted by Gasteiger charge is -2.29. The molecule has 0 saturated heterocycles. The molecule has 3 heterocycles. The molecule has 3 N–H and O–H groups in total. The zero-order valence-corrected chi connectivity index (χ0v) is 20.6. The van der Waals surface area contributed by atoms with Crippen molar-refractivity contribution >= 4 is 73.5 Å². The highest BCUT2D eigenvalue weighted by molar-refractivity contribution is 7.99. The Labute approximate surface area is 201 Å². The third kappa shape index (κ3) is 5.05. The molecule has 3 atom stereocenters. The standard InChI is InChI=1S/C19H21ClN6OS4/c20-19-8-11(12(19)9-19)13-2-1-10(29-13)7-14(27)22-18-26-24-16(31-18)4-6-28-5-3-15-23-25-17(21)30-15/h1-2,11-12H,3-9H2,(H2,21,25)(H,22,26,27). The summed E-state index contributed by atoms with van der Waals surface area (Å²) in [5.41, 5.74) is 5.59. The number of hydrogen-bond acceptors (Lipinski definition) is 10. The summed E-state index contributed by atoms with van der Waals surface area (Å²) in [4.78, 5) is 15.0. The molecule has 2 aliphatic rings. The first-order valence-electron chi connectivity index (χ1n) is 10.0. The summed E-state index contributed by atoms with van der Waals surface area (Å²) in [6.07, 6.45) is 4.29. The topological polar surface area (TPSA) is 107 Å². The monoisotopic (exact) mass is 512 g/mol. The van der Waals surface area contributed by atoms with E-state index >= 15 is 0 Å². The maximum atomic E-state index is 12.4. The number of alkyl halides is 1. The van der Waals surface area contributed by atoms with Crippen molar-refractivity contribution in [2.75, 3.05) is 22.6 Å². The highest BCUT2D eigenvalue weighted by atomic mass is 35.5. The second kappa shape index (κ2) is 8.93. The summed E-state index contributed by atoms with van der Waals surface area (Å²) in [6.45, 7) is 0. The summed E-state index contributed by atoms with van der Waals surface area (Å²) >= 11 is 12.8. The zero-order chi connectivity index (χ0) is 21.4. The number of fused-ring (bicyclic) bond motifs is 1. The van der Waals surface area contributed by atoms with E-state index in [-0.39, 0.29) is 10.8 Å². The Kier molecular flexibility index (Phi) is 6.22. The van der Waals surface area contributed by atoms with E-state index in [2.05, 4.69) is 37.8 Å². The van der Waals surface area contributed by atoms with Gasteiger partial charge in [0.05, 0.1) is 6.42 Å². The van der Waals surface area contributed by atoms with Crippen LogP contribution in [0, 0.1) is 5.92 Å². The molecule has 3 aromatic heterocycles. The van der Waals surface area contributed by atoms with Gasteiger partial charge in [0.1, 0.15) is 10.0 Å². The molecule has 164 valence electrons. The van der Waals surface area contributed by atoms with Crippen LogP contribution in [0.2, 0.25) is 0 Å². The number of nitrogen functional groups attached to an aromatic ring is 1. The number of nitrogens with two attached hydrogens (primary N) is 1. The van der Waals surface area contributed by atoms with Gasteiger partial charge in [-0.05, 0) is 48.3 Å². The molecular weight excluding hydrogens is 492 g/mol. The van der Waals surface area contributed by atoms with E-state index in [1.165, 1.54) is 27.6 Å². The average Bonchev–Trinajstić information content (AvgIpc) is 3.26. The van der Waals surface area contributed by atoms with Crippen LogP contribution >= 0.6 is 57.4 Å². The normalized spacial score (nSPS) is 23.9. The highest BCUT2D eigenvalue weighted by Crippen LogP contribution is 2.71. The first-order chi connectivity index (χ1) is 15.0. The fourth-order valence-electron chi connectivity index (χ4n) is 3.89. The molecule has 3 aromatic rings.